The van der Waals surface area contributed by atoms with Crippen molar-refractivity contribution in [3.8, 4) is 22.5 Å². The van der Waals surface area contributed by atoms with Crippen molar-refractivity contribution in [2.24, 2.45) is 0 Å². The number of anilines is 1. The highest BCUT2D eigenvalue weighted by molar-refractivity contribution is 7.19. The van der Waals surface area contributed by atoms with Crippen molar-refractivity contribution in [1.82, 2.24) is 5.16 Å². The maximum atomic E-state index is 12.1. The van der Waals surface area contributed by atoms with Gasteiger partial charge < -0.3 is 14.6 Å². The molecule has 5 nitrogen and oxygen atoms in total. The first-order chi connectivity index (χ1) is 19.0. The predicted octanol–water partition coefficient (Wildman–Crippen LogP) is 8.69. The molecule has 1 saturated carbocycles. The predicted molar refractivity (Wildman–Crippen MR) is 158 cm³/mol. The molecule has 39 heavy (non-hydrogen) atoms. The largest absolute Gasteiger partial charge is 0.466 e. The number of rotatable bonds is 9. The highest BCUT2D eigenvalue weighted by atomic mass is 32.1. The van der Waals surface area contributed by atoms with Gasteiger partial charge in [0.05, 0.1) is 19.1 Å². The van der Waals surface area contributed by atoms with E-state index in [0.29, 0.717) is 13.0 Å². The molecule has 1 unspecified atom stereocenters. The van der Waals surface area contributed by atoms with Crippen LogP contribution in [-0.2, 0) is 14.9 Å². The van der Waals surface area contributed by atoms with Crippen LogP contribution in [0.15, 0.2) is 83.4 Å². The minimum atomic E-state index is -0.107. The fourth-order valence-electron chi connectivity index (χ4n) is 5.28. The molecular formula is C33H32N2O3S. The van der Waals surface area contributed by atoms with E-state index >= 15 is 0 Å². The van der Waals surface area contributed by atoms with Gasteiger partial charge in [-0.1, -0.05) is 71.9 Å². The molecule has 1 aliphatic rings. The number of ether oxygens (including phenoxy) is 1. The third-order valence-electron chi connectivity index (χ3n) is 7.71. The number of thiophene rings is 1. The van der Waals surface area contributed by atoms with Crippen LogP contribution in [0.4, 0.5) is 5.69 Å². The highest BCUT2D eigenvalue weighted by Crippen LogP contribution is 2.51. The molecule has 198 valence electrons. The molecule has 1 aliphatic carbocycles. The van der Waals surface area contributed by atoms with Gasteiger partial charge in [-0.2, -0.15) is 0 Å². The van der Waals surface area contributed by atoms with E-state index in [1.807, 2.05) is 25.2 Å². The van der Waals surface area contributed by atoms with Gasteiger partial charge in [-0.3, -0.25) is 4.79 Å². The van der Waals surface area contributed by atoms with E-state index in [-0.39, 0.29) is 17.4 Å². The summed E-state index contributed by atoms with van der Waals surface area (Å²) in [7, 11) is 0. The molecule has 3 aromatic carbocycles. The second-order valence-corrected chi connectivity index (χ2v) is 11.6. The summed E-state index contributed by atoms with van der Waals surface area (Å²) >= 11 is 1.81. The van der Waals surface area contributed by atoms with Crippen LogP contribution in [0.2, 0.25) is 0 Å². The summed E-state index contributed by atoms with van der Waals surface area (Å²) in [4.78, 5) is 13.3. The summed E-state index contributed by atoms with van der Waals surface area (Å²) in [5, 5.41) is 9.18. The molecule has 2 aromatic heterocycles. The van der Waals surface area contributed by atoms with E-state index in [9.17, 15) is 4.79 Å². The van der Waals surface area contributed by atoms with Gasteiger partial charge in [0.1, 0.15) is 11.4 Å². The van der Waals surface area contributed by atoms with Gasteiger partial charge in [0.25, 0.3) is 0 Å². The SMILES string of the molecule is CCOC(=O)CC1(c2ccc(-c3ccc(-c4onc(C)c4NC(C)c4cc5ccccc5s4)cc3)cc2)CC1. The minimum absolute atomic E-state index is 0.0465. The summed E-state index contributed by atoms with van der Waals surface area (Å²) in [5.41, 5.74) is 6.19. The van der Waals surface area contributed by atoms with Crippen LogP contribution in [0, 0.1) is 6.92 Å². The molecule has 0 radical (unpaired) electrons. The summed E-state index contributed by atoms with van der Waals surface area (Å²) in [5.74, 6) is 0.640. The van der Waals surface area contributed by atoms with E-state index in [1.165, 1.54) is 20.5 Å². The normalized spacial score (nSPS) is 14.7. The number of nitrogens with zero attached hydrogens (tertiary/aromatic N) is 1. The highest BCUT2D eigenvalue weighted by Gasteiger charge is 2.46. The first kappa shape index (κ1) is 25.4. The molecule has 1 N–H and O–H groups in total. The zero-order chi connectivity index (χ0) is 27.0. The van der Waals surface area contributed by atoms with Crippen molar-refractivity contribution < 1.29 is 14.1 Å². The number of nitrogens with one attached hydrogen (secondary N) is 1. The Morgan fingerprint density at radius 3 is 2.36 bits per heavy atom. The van der Waals surface area contributed by atoms with Crippen molar-refractivity contribution in [3.63, 3.8) is 0 Å². The average Bonchev–Trinajstić information content (AvgIpc) is 3.44. The Balaban J connectivity index is 1.18. The van der Waals surface area contributed by atoms with Crippen LogP contribution in [0.3, 0.4) is 0 Å². The molecular weight excluding hydrogens is 504 g/mol. The number of aromatic nitrogens is 1. The van der Waals surface area contributed by atoms with E-state index in [1.54, 1.807) is 0 Å². The van der Waals surface area contributed by atoms with Crippen molar-refractivity contribution >= 4 is 33.1 Å². The Morgan fingerprint density at radius 1 is 1.03 bits per heavy atom. The molecule has 6 rings (SSSR count). The average molecular weight is 537 g/mol. The Morgan fingerprint density at radius 2 is 1.69 bits per heavy atom. The minimum Gasteiger partial charge on any atom is -0.466 e. The molecule has 1 fully saturated rings. The van der Waals surface area contributed by atoms with E-state index in [0.717, 1.165) is 46.7 Å². The van der Waals surface area contributed by atoms with Crippen molar-refractivity contribution in [2.75, 3.05) is 11.9 Å². The lowest BCUT2D eigenvalue weighted by Gasteiger charge is -2.15. The summed E-state index contributed by atoms with van der Waals surface area (Å²) in [6, 6.07) is 27.9. The standard InChI is InChI=1S/C33H32N2O3S/c1-4-37-30(36)20-33(17-18-33)27-15-13-24(14-16-27)23-9-11-25(12-10-23)32-31(22(3)35-38-32)34-21(2)29-19-26-7-5-6-8-28(26)39-29/h5-16,19,21,34H,4,17-18,20H2,1-3H3. The number of hydrogen-bond donors (Lipinski definition) is 1. The van der Waals surface area contributed by atoms with Crippen molar-refractivity contribution in [3.05, 3.63) is 95.0 Å². The molecule has 2 heterocycles. The Hall–Kier alpha value is -3.90. The van der Waals surface area contributed by atoms with Crippen LogP contribution in [-0.4, -0.2) is 17.7 Å². The fourth-order valence-corrected chi connectivity index (χ4v) is 6.34. The molecule has 0 bridgehead atoms. The summed E-state index contributed by atoms with van der Waals surface area (Å²) in [6.45, 7) is 6.43. The van der Waals surface area contributed by atoms with Crippen LogP contribution in [0.1, 0.15) is 55.3 Å². The number of aryl methyl sites for hydroxylation is 1. The lowest BCUT2D eigenvalue weighted by molar-refractivity contribution is -0.143. The van der Waals surface area contributed by atoms with Crippen molar-refractivity contribution in [2.45, 2.75) is 51.5 Å². The molecule has 0 spiro atoms. The van der Waals surface area contributed by atoms with Crippen molar-refractivity contribution in [1.29, 1.82) is 0 Å². The molecule has 0 aliphatic heterocycles. The first-order valence-electron chi connectivity index (χ1n) is 13.5. The molecule has 5 aromatic rings. The number of fused-ring (bicyclic) bond motifs is 1. The second kappa shape index (κ2) is 10.3. The zero-order valence-corrected chi connectivity index (χ0v) is 23.3. The Bertz CT molecular complexity index is 1580. The third-order valence-corrected chi connectivity index (χ3v) is 9.01. The zero-order valence-electron chi connectivity index (χ0n) is 22.5. The maximum absolute atomic E-state index is 12.1. The van der Waals surface area contributed by atoms with E-state index in [4.69, 9.17) is 9.26 Å². The lowest BCUT2D eigenvalue weighted by Crippen LogP contribution is -2.15. The summed E-state index contributed by atoms with van der Waals surface area (Å²) in [6.07, 6.45) is 2.53. The van der Waals surface area contributed by atoms with Gasteiger partial charge in [0.15, 0.2) is 5.76 Å². The third kappa shape index (κ3) is 5.09. The smallest absolute Gasteiger partial charge is 0.306 e. The van der Waals surface area contributed by atoms with Crippen LogP contribution in [0.25, 0.3) is 32.5 Å². The van der Waals surface area contributed by atoms with Gasteiger partial charge in [0.2, 0.25) is 0 Å². The van der Waals surface area contributed by atoms with Gasteiger partial charge in [-0.05, 0) is 67.8 Å². The number of carbonyl (C=O) groups excluding carboxylic acids is 1. The summed E-state index contributed by atoms with van der Waals surface area (Å²) < 4.78 is 12.3. The van der Waals surface area contributed by atoms with E-state index < -0.39 is 0 Å². The second-order valence-electron chi connectivity index (χ2n) is 10.4. The quantitative estimate of drug-likeness (QED) is 0.191. The van der Waals surface area contributed by atoms with Crippen LogP contribution < -0.4 is 5.32 Å². The first-order valence-corrected chi connectivity index (χ1v) is 14.4. The Kier molecular flexibility index (Phi) is 6.73. The molecule has 1 atom stereocenters. The number of benzene rings is 3. The Labute approximate surface area is 232 Å². The van der Waals surface area contributed by atoms with Gasteiger partial charge in [0, 0.05) is 20.6 Å². The number of carbonyl (C=O) groups is 1. The van der Waals surface area contributed by atoms with Crippen LogP contribution >= 0.6 is 11.3 Å². The maximum Gasteiger partial charge on any atom is 0.306 e. The fraction of sp³-hybridized carbons (Fsp3) is 0.273. The van der Waals surface area contributed by atoms with Crippen LogP contribution in [0.5, 0.6) is 0 Å². The van der Waals surface area contributed by atoms with E-state index in [2.05, 4.69) is 96.3 Å². The number of hydrogen-bond acceptors (Lipinski definition) is 6. The molecule has 0 amide bonds. The molecule has 0 saturated heterocycles. The van der Waals surface area contributed by atoms with Gasteiger partial charge in [-0.25, -0.2) is 0 Å². The van der Waals surface area contributed by atoms with Gasteiger partial charge >= 0.3 is 5.97 Å². The monoisotopic (exact) mass is 536 g/mol. The lowest BCUT2D eigenvalue weighted by atomic mass is 9.91. The van der Waals surface area contributed by atoms with Gasteiger partial charge in [-0.15, -0.1) is 11.3 Å². The topological polar surface area (TPSA) is 64.4 Å². The number of esters is 1. The molecule has 6 heteroatoms.